The van der Waals surface area contributed by atoms with Crippen LogP contribution in [0.25, 0.3) is 0 Å². The monoisotopic (exact) mass is 198 g/mol. The Labute approximate surface area is 86.7 Å². The van der Waals surface area contributed by atoms with E-state index in [4.69, 9.17) is 10.6 Å². The van der Waals surface area contributed by atoms with E-state index in [0.29, 0.717) is 5.92 Å². The van der Waals surface area contributed by atoms with E-state index in [2.05, 4.69) is 18.9 Å². The molecule has 1 fully saturated rings. The second kappa shape index (κ2) is 4.91. The summed E-state index contributed by atoms with van der Waals surface area (Å²) in [5.41, 5.74) is 2.65. The Kier molecular flexibility index (Phi) is 4.11. The number of methoxy groups -OCH3 is 1. The van der Waals surface area contributed by atoms with Gasteiger partial charge in [0.25, 0.3) is 0 Å². The van der Waals surface area contributed by atoms with E-state index in [0.717, 1.165) is 12.8 Å². The molecule has 3 nitrogen and oxygen atoms in total. The molecule has 0 heterocycles. The lowest BCUT2D eigenvalue weighted by Crippen LogP contribution is -2.55. The molecule has 0 aromatic carbocycles. The van der Waals surface area contributed by atoms with Gasteiger partial charge >= 0.3 is 0 Å². The van der Waals surface area contributed by atoms with Crippen molar-refractivity contribution >= 4 is 0 Å². The smallest absolute Gasteiger partial charge is 0.0882 e. The van der Waals surface area contributed by atoms with Crippen molar-refractivity contribution in [1.82, 2.24) is 5.43 Å². The molecule has 1 rings (SSSR count). The maximum Gasteiger partial charge on any atom is 0.0882 e. The van der Waals surface area contributed by atoms with Gasteiger partial charge in [0, 0.05) is 7.11 Å². The third-order valence-corrected chi connectivity index (χ3v) is 3.38. The summed E-state index contributed by atoms with van der Waals surface area (Å²) < 4.78 is 5.68. The van der Waals surface area contributed by atoms with Crippen LogP contribution < -0.4 is 11.3 Å². The van der Waals surface area contributed by atoms with Crippen LogP contribution in [0.2, 0.25) is 0 Å². The van der Waals surface area contributed by atoms with Gasteiger partial charge in [-0.05, 0) is 18.8 Å². The summed E-state index contributed by atoms with van der Waals surface area (Å²) >= 11 is 0. The highest BCUT2D eigenvalue weighted by Crippen LogP contribution is 2.37. The summed E-state index contributed by atoms with van der Waals surface area (Å²) in [6, 6.07) is 0.0512. The Bertz CT molecular complexity index is 196. The standard InChI is InChI=1S/C11H22N2O/c1-4-10(13-12)11(14-3)7-5-6-9(2)8-11/h4,9-10,13H,1,5-8,12H2,2-3H3. The van der Waals surface area contributed by atoms with Crippen molar-refractivity contribution in [2.45, 2.75) is 44.2 Å². The molecule has 0 aromatic rings. The summed E-state index contributed by atoms with van der Waals surface area (Å²) in [4.78, 5) is 0. The average Bonchev–Trinajstić information content (AvgIpc) is 2.19. The molecule has 1 aliphatic carbocycles. The summed E-state index contributed by atoms with van der Waals surface area (Å²) in [6.07, 6.45) is 6.47. The molecular weight excluding hydrogens is 176 g/mol. The maximum absolute atomic E-state index is 5.68. The molecule has 82 valence electrons. The molecule has 3 heteroatoms. The summed E-state index contributed by atoms with van der Waals surface area (Å²) in [6.45, 7) is 6.07. The third-order valence-electron chi connectivity index (χ3n) is 3.38. The minimum Gasteiger partial charge on any atom is -0.376 e. The molecule has 3 unspecified atom stereocenters. The van der Waals surface area contributed by atoms with Gasteiger partial charge in [-0.2, -0.15) is 0 Å². The Morgan fingerprint density at radius 3 is 2.86 bits per heavy atom. The SMILES string of the molecule is C=CC(NN)C1(OC)CCCC(C)C1. The molecule has 3 atom stereocenters. The summed E-state index contributed by atoms with van der Waals surface area (Å²) in [5, 5.41) is 0. The third kappa shape index (κ3) is 2.16. The molecule has 0 saturated heterocycles. The molecule has 0 bridgehead atoms. The highest BCUT2D eigenvalue weighted by atomic mass is 16.5. The van der Waals surface area contributed by atoms with Crippen LogP contribution in [-0.4, -0.2) is 18.8 Å². The predicted molar refractivity (Wildman–Crippen MR) is 58.7 cm³/mol. The molecule has 0 radical (unpaired) electrons. The van der Waals surface area contributed by atoms with Gasteiger partial charge in [-0.15, -0.1) is 6.58 Å². The van der Waals surface area contributed by atoms with Crippen molar-refractivity contribution in [2.24, 2.45) is 11.8 Å². The summed E-state index contributed by atoms with van der Waals surface area (Å²) in [7, 11) is 1.77. The maximum atomic E-state index is 5.68. The first-order chi connectivity index (χ1) is 6.68. The van der Waals surface area contributed by atoms with Crippen molar-refractivity contribution in [3.8, 4) is 0 Å². The number of nitrogens with two attached hydrogens (primary N) is 1. The van der Waals surface area contributed by atoms with E-state index in [1.165, 1.54) is 12.8 Å². The minimum atomic E-state index is -0.145. The lowest BCUT2D eigenvalue weighted by molar-refractivity contribution is -0.0682. The van der Waals surface area contributed by atoms with E-state index in [9.17, 15) is 0 Å². The first-order valence-electron chi connectivity index (χ1n) is 5.32. The zero-order chi connectivity index (χ0) is 10.6. The number of hydrogen-bond donors (Lipinski definition) is 2. The number of ether oxygens (including phenoxy) is 1. The second-order valence-corrected chi connectivity index (χ2v) is 4.35. The van der Waals surface area contributed by atoms with Crippen molar-refractivity contribution in [3.05, 3.63) is 12.7 Å². The van der Waals surface area contributed by atoms with Crippen LogP contribution in [0, 0.1) is 5.92 Å². The normalized spacial score (nSPS) is 35.2. The molecule has 0 spiro atoms. The minimum absolute atomic E-state index is 0.0512. The Hall–Kier alpha value is -0.380. The lowest BCUT2D eigenvalue weighted by Gasteiger charge is -2.43. The van der Waals surface area contributed by atoms with Gasteiger partial charge in [0.2, 0.25) is 0 Å². The van der Waals surface area contributed by atoms with E-state index < -0.39 is 0 Å². The lowest BCUT2D eigenvalue weighted by atomic mass is 9.74. The van der Waals surface area contributed by atoms with Crippen LogP contribution in [0.1, 0.15) is 32.6 Å². The molecule has 3 N–H and O–H groups in total. The van der Waals surface area contributed by atoms with E-state index in [1.807, 2.05) is 6.08 Å². The fourth-order valence-electron chi connectivity index (χ4n) is 2.57. The average molecular weight is 198 g/mol. The Morgan fingerprint density at radius 1 is 1.71 bits per heavy atom. The molecule has 0 aliphatic heterocycles. The van der Waals surface area contributed by atoms with Gasteiger partial charge in [0.05, 0.1) is 11.6 Å². The second-order valence-electron chi connectivity index (χ2n) is 4.35. The molecular formula is C11H22N2O. The molecule has 14 heavy (non-hydrogen) atoms. The van der Waals surface area contributed by atoms with Crippen LogP contribution in [0.5, 0.6) is 0 Å². The first-order valence-corrected chi connectivity index (χ1v) is 5.32. The van der Waals surface area contributed by atoms with Gasteiger partial charge in [0.15, 0.2) is 0 Å². The van der Waals surface area contributed by atoms with E-state index >= 15 is 0 Å². The van der Waals surface area contributed by atoms with Crippen LogP contribution in [-0.2, 0) is 4.74 Å². The highest BCUT2D eigenvalue weighted by molar-refractivity contribution is 5.04. The van der Waals surface area contributed by atoms with Gasteiger partial charge in [-0.3, -0.25) is 11.3 Å². The topological polar surface area (TPSA) is 47.3 Å². The fourth-order valence-corrected chi connectivity index (χ4v) is 2.57. The predicted octanol–water partition coefficient (Wildman–Crippen LogP) is 1.60. The zero-order valence-corrected chi connectivity index (χ0v) is 9.25. The van der Waals surface area contributed by atoms with Crippen molar-refractivity contribution in [2.75, 3.05) is 7.11 Å². The fraction of sp³-hybridized carbons (Fsp3) is 0.818. The van der Waals surface area contributed by atoms with Crippen LogP contribution >= 0.6 is 0 Å². The van der Waals surface area contributed by atoms with Crippen molar-refractivity contribution < 1.29 is 4.74 Å². The number of hydrogen-bond acceptors (Lipinski definition) is 3. The van der Waals surface area contributed by atoms with Crippen LogP contribution in [0.3, 0.4) is 0 Å². The molecule has 1 aliphatic rings. The summed E-state index contributed by atoms with van der Waals surface area (Å²) in [5.74, 6) is 6.23. The Morgan fingerprint density at radius 2 is 2.43 bits per heavy atom. The molecule has 1 saturated carbocycles. The number of rotatable bonds is 4. The van der Waals surface area contributed by atoms with Gasteiger partial charge in [0.1, 0.15) is 0 Å². The van der Waals surface area contributed by atoms with Gasteiger partial charge in [-0.1, -0.05) is 25.8 Å². The number of hydrazine groups is 1. The van der Waals surface area contributed by atoms with E-state index in [-0.39, 0.29) is 11.6 Å². The van der Waals surface area contributed by atoms with E-state index in [1.54, 1.807) is 7.11 Å². The highest BCUT2D eigenvalue weighted by Gasteiger charge is 2.40. The van der Waals surface area contributed by atoms with Gasteiger partial charge < -0.3 is 4.74 Å². The molecule has 0 amide bonds. The number of nitrogens with one attached hydrogen (secondary N) is 1. The Balaban J connectivity index is 2.77. The quantitative estimate of drug-likeness (QED) is 0.410. The van der Waals surface area contributed by atoms with Crippen molar-refractivity contribution in [1.29, 1.82) is 0 Å². The van der Waals surface area contributed by atoms with Crippen LogP contribution in [0.15, 0.2) is 12.7 Å². The van der Waals surface area contributed by atoms with Gasteiger partial charge in [-0.25, -0.2) is 0 Å². The first kappa shape index (κ1) is 11.7. The van der Waals surface area contributed by atoms with Crippen LogP contribution in [0.4, 0.5) is 0 Å². The largest absolute Gasteiger partial charge is 0.376 e. The zero-order valence-electron chi connectivity index (χ0n) is 9.25. The molecule has 0 aromatic heterocycles. The van der Waals surface area contributed by atoms with Crippen molar-refractivity contribution in [3.63, 3.8) is 0 Å².